The molecule has 20 heavy (non-hydrogen) atoms. The van der Waals surface area contributed by atoms with Crippen molar-refractivity contribution in [2.45, 2.75) is 26.4 Å². The molecular weight excluding hydrogens is 255 g/mol. The Kier molecular flexibility index (Phi) is 4.16. The summed E-state index contributed by atoms with van der Waals surface area (Å²) in [5, 5.41) is 0. The highest BCUT2D eigenvalue weighted by molar-refractivity contribution is 6.31. The average molecular weight is 274 g/mol. The molecule has 7 heteroatoms. The number of piperazine rings is 1. The van der Waals surface area contributed by atoms with E-state index >= 15 is 0 Å². The molecule has 0 atom stereocenters. The van der Waals surface area contributed by atoms with Crippen LogP contribution in [0.25, 0.3) is 0 Å². The van der Waals surface area contributed by atoms with Crippen molar-refractivity contribution in [2.24, 2.45) is 0 Å². The predicted molar refractivity (Wildman–Crippen MR) is 77.4 cm³/mol. The van der Waals surface area contributed by atoms with E-state index in [4.69, 9.17) is 12.6 Å². The fraction of sp³-hybridized carbons (Fsp3) is 0.615. The molecule has 2 radical (unpaired) electrons. The van der Waals surface area contributed by atoms with Gasteiger partial charge in [-0.05, 0) is 20.8 Å². The molecule has 0 spiro atoms. The zero-order valence-electron chi connectivity index (χ0n) is 12.2. The van der Waals surface area contributed by atoms with Gasteiger partial charge in [0.2, 0.25) is 5.95 Å². The predicted octanol–water partition coefficient (Wildman–Crippen LogP) is 0.327. The Hall–Kier alpha value is -1.79. The highest BCUT2D eigenvalue weighted by atomic mass is 16.6. The molecule has 6 nitrogen and oxygen atoms in total. The number of ether oxygens (including phenoxy) is 1. The van der Waals surface area contributed by atoms with Crippen LogP contribution in [0, 0.1) is 0 Å². The molecule has 0 unspecified atom stereocenters. The smallest absolute Gasteiger partial charge is 0.410 e. The van der Waals surface area contributed by atoms with Crippen LogP contribution >= 0.6 is 0 Å². The summed E-state index contributed by atoms with van der Waals surface area (Å²) in [6.45, 7) is 8.16. The Bertz CT molecular complexity index is 464. The first-order valence-electron chi connectivity index (χ1n) is 6.65. The molecule has 106 valence electrons. The van der Waals surface area contributed by atoms with Gasteiger partial charge < -0.3 is 14.5 Å². The number of hydrogen-bond acceptors (Lipinski definition) is 5. The normalized spacial score (nSPS) is 16.1. The molecule has 0 N–H and O–H groups in total. The third-order valence-corrected chi connectivity index (χ3v) is 2.87. The summed E-state index contributed by atoms with van der Waals surface area (Å²) in [5.74, 6) is 0.642. The minimum Gasteiger partial charge on any atom is -0.444 e. The summed E-state index contributed by atoms with van der Waals surface area (Å²) in [6.07, 6.45) is 2.90. The molecule has 1 aliphatic heterocycles. The first kappa shape index (κ1) is 14.6. The summed E-state index contributed by atoms with van der Waals surface area (Å²) >= 11 is 0. The number of aromatic nitrogens is 2. The van der Waals surface area contributed by atoms with E-state index in [2.05, 4.69) is 9.97 Å². The molecule has 0 bridgehead atoms. The van der Waals surface area contributed by atoms with E-state index in [0.29, 0.717) is 37.6 Å². The van der Waals surface area contributed by atoms with Gasteiger partial charge >= 0.3 is 6.09 Å². The van der Waals surface area contributed by atoms with E-state index in [1.807, 2.05) is 25.7 Å². The second kappa shape index (κ2) is 5.69. The third kappa shape index (κ3) is 3.85. The number of rotatable bonds is 1. The van der Waals surface area contributed by atoms with Gasteiger partial charge in [0.05, 0.1) is 0 Å². The molecule has 2 rings (SSSR count). The maximum Gasteiger partial charge on any atom is 0.410 e. The molecule has 1 fully saturated rings. The van der Waals surface area contributed by atoms with Gasteiger partial charge in [0.25, 0.3) is 0 Å². The summed E-state index contributed by atoms with van der Waals surface area (Å²) < 4.78 is 5.35. The Morgan fingerprint density at radius 1 is 1.20 bits per heavy atom. The van der Waals surface area contributed by atoms with Crippen LogP contribution in [0.15, 0.2) is 12.4 Å². The van der Waals surface area contributed by atoms with E-state index in [1.54, 1.807) is 17.3 Å². The van der Waals surface area contributed by atoms with E-state index < -0.39 is 5.60 Å². The fourth-order valence-corrected chi connectivity index (χ4v) is 1.91. The second-order valence-electron chi connectivity index (χ2n) is 5.77. The second-order valence-corrected chi connectivity index (χ2v) is 5.77. The highest BCUT2D eigenvalue weighted by Gasteiger charge is 2.26. The van der Waals surface area contributed by atoms with Crippen LogP contribution in [0.4, 0.5) is 10.7 Å². The van der Waals surface area contributed by atoms with Crippen molar-refractivity contribution >= 4 is 25.4 Å². The van der Waals surface area contributed by atoms with Crippen molar-refractivity contribution < 1.29 is 9.53 Å². The first-order valence-corrected chi connectivity index (χ1v) is 6.65. The van der Waals surface area contributed by atoms with Crippen LogP contribution in [-0.2, 0) is 4.74 Å². The van der Waals surface area contributed by atoms with Gasteiger partial charge in [0.15, 0.2) is 0 Å². The molecule has 1 aromatic rings. The van der Waals surface area contributed by atoms with Crippen molar-refractivity contribution in [1.82, 2.24) is 14.9 Å². The van der Waals surface area contributed by atoms with E-state index in [9.17, 15) is 4.79 Å². The molecule has 1 aliphatic rings. The molecule has 1 amide bonds. The van der Waals surface area contributed by atoms with Gasteiger partial charge in [-0.15, -0.1) is 0 Å². The zero-order chi connectivity index (χ0) is 14.8. The van der Waals surface area contributed by atoms with Crippen LogP contribution in [0.5, 0.6) is 0 Å². The summed E-state index contributed by atoms with van der Waals surface area (Å²) in [7, 11) is 5.56. The Morgan fingerprint density at radius 2 is 1.75 bits per heavy atom. The van der Waals surface area contributed by atoms with Crippen molar-refractivity contribution in [3.8, 4) is 0 Å². The maximum absolute atomic E-state index is 11.9. The molecule has 2 heterocycles. The Morgan fingerprint density at radius 3 is 2.25 bits per heavy atom. The van der Waals surface area contributed by atoms with Crippen molar-refractivity contribution in [2.75, 3.05) is 31.1 Å². The monoisotopic (exact) mass is 274 g/mol. The molecule has 0 aromatic carbocycles. The van der Waals surface area contributed by atoms with E-state index in [-0.39, 0.29) is 6.09 Å². The molecule has 0 aliphatic carbocycles. The maximum atomic E-state index is 11.9. The standard InChI is InChI=1S/C13H19BN4O2/c1-13(2,3)20-12(19)18-6-4-17(5-7-18)11-15-8-10(14)9-16-11/h8-9H,4-7H2,1-3H3. The highest BCUT2D eigenvalue weighted by Crippen LogP contribution is 2.13. The van der Waals surface area contributed by atoms with Gasteiger partial charge in [-0.1, -0.05) is 5.46 Å². The van der Waals surface area contributed by atoms with E-state index in [0.717, 1.165) is 0 Å². The molecule has 0 saturated carbocycles. The van der Waals surface area contributed by atoms with Gasteiger partial charge in [-0.25, -0.2) is 14.8 Å². The number of carbonyl (C=O) groups is 1. The number of hydrogen-bond donors (Lipinski definition) is 0. The third-order valence-electron chi connectivity index (χ3n) is 2.87. The summed E-state index contributed by atoms with van der Waals surface area (Å²) in [5.41, 5.74) is 0.0787. The van der Waals surface area contributed by atoms with Crippen LogP contribution < -0.4 is 10.4 Å². The van der Waals surface area contributed by atoms with Crippen LogP contribution in [-0.4, -0.2) is 60.6 Å². The number of amides is 1. The summed E-state index contributed by atoms with van der Waals surface area (Å²) in [4.78, 5) is 24.0. The van der Waals surface area contributed by atoms with Crippen molar-refractivity contribution in [3.63, 3.8) is 0 Å². The largest absolute Gasteiger partial charge is 0.444 e. The lowest BCUT2D eigenvalue weighted by atomic mass is 10.0. The summed E-state index contributed by atoms with van der Waals surface area (Å²) in [6, 6.07) is 0. The molecular formula is C13H19BN4O2. The fourth-order valence-electron chi connectivity index (χ4n) is 1.91. The Labute approximate surface area is 120 Å². The number of carbonyl (C=O) groups excluding carboxylic acids is 1. The van der Waals surface area contributed by atoms with E-state index in [1.165, 1.54) is 0 Å². The van der Waals surface area contributed by atoms with Gasteiger partial charge in [-0.2, -0.15) is 0 Å². The minimum atomic E-state index is -0.464. The van der Waals surface area contributed by atoms with Crippen LogP contribution in [0.2, 0.25) is 0 Å². The zero-order valence-corrected chi connectivity index (χ0v) is 12.2. The molecule has 1 saturated heterocycles. The average Bonchev–Trinajstić information content (AvgIpc) is 2.38. The van der Waals surface area contributed by atoms with Gasteiger partial charge in [0.1, 0.15) is 13.4 Å². The lowest BCUT2D eigenvalue weighted by molar-refractivity contribution is 0.0240. The number of anilines is 1. The number of nitrogens with zero attached hydrogens (tertiary/aromatic N) is 4. The van der Waals surface area contributed by atoms with Crippen molar-refractivity contribution in [3.05, 3.63) is 12.4 Å². The van der Waals surface area contributed by atoms with Crippen molar-refractivity contribution in [1.29, 1.82) is 0 Å². The Balaban J connectivity index is 1.89. The molecule has 1 aromatic heterocycles. The SMILES string of the molecule is [B]c1cnc(N2CCN(C(=O)OC(C)(C)C)CC2)nc1. The first-order chi connectivity index (χ1) is 9.35. The lowest BCUT2D eigenvalue weighted by Crippen LogP contribution is -2.50. The van der Waals surface area contributed by atoms with Crippen LogP contribution in [0.1, 0.15) is 20.8 Å². The van der Waals surface area contributed by atoms with Gasteiger partial charge in [-0.3, -0.25) is 0 Å². The van der Waals surface area contributed by atoms with Gasteiger partial charge in [0, 0.05) is 38.6 Å². The quantitative estimate of drug-likeness (QED) is 0.691. The van der Waals surface area contributed by atoms with Crippen LogP contribution in [0.3, 0.4) is 0 Å². The topological polar surface area (TPSA) is 58.6 Å². The lowest BCUT2D eigenvalue weighted by Gasteiger charge is -2.35. The minimum absolute atomic E-state index is 0.268.